The number of amides is 1. The summed E-state index contributed by atoms with van der Waals surface area (Å²) in [6, 6.07) is 0.860. The Morgan fingerprint density at radius 1 is 0.935 bits per heavy atom. The maximum absolute atomic E-state index is 13.2. The molecule has 0 unspecified atom stereocenters. The second-order valence-corrected chi connectivity index (χ2v) is 16.7. The highest BCUT2D eigenvalue weighted by Gasteiger charge is 2.34. The minimum atomic E-state index is -1.28. The fraction of sp³-hybridized carbons (Fsp3) is 0.917. The molecule has 0 spiro atoms. The Balaban J connectivity index is 2.00. The maximum atomic E-state index is 13.2. The number of nitrogens with one attached hydrogen (secondary N) is 1. The molecule has 2 rings (SSSR count). The van der Waals surface area contributed by atoms with Crippen LogP contribution in [0.4, 0.5) is 4.79 Å². The summed E-state index contributed by atoms with van der Waals surface area (Å²) in [6.07, 6.45) is 11.7. The smallest absolute Gasteiger partial charge is 0.407 e. The Morgan fingerprint density at radius 3 is 1.90 bits per heavy atom. The maximum Gasteiger partial charge on any atom is 0.407 e. The van der Waals surface area contributed by atoms with Gasteiger partial charge in [-0.05, 0) is 44.1 Å². The van der Waals surface area contributed by atoms with Gasteiger partial charge in [-0.3, -0.25) is 0 Å². The van der Waals surface area contributed by atoms with Crippen LogP contribution >= 0.6 is 0 Å². The lowest BCUT2D eigenvalue weighted by molar-refractivity contribution is -0.225. The van der Waals surface area contributed by atoms with Gasteiger partial charge in [-0.25, -0.2) is 9.59 Å². The van der Waals surface area contributed by atoms with E-state index in [9.17, 15) is 9.59 Å². The SMILES string of the molecule is CC(C)C[C@H](NC(=O)OCC[Si](C)(C)C)C(=O)ON(C1CCCCC1)C1CCCCC1. The molecule has 2 aliphatic rings. The number of hydrogen-bond donors (Lipinski definition) is 1. The summed E-state index contributed by atoms with van der Waals surface area (Å²) in [5.41, 5.74) is 0. The first kappa shape index (κ1) is 26.2. The van der Waals surface area contributed by atoms with E-state index in [2.05, 4.69) is 38.8 Å². The first-order valence-electron chi connectivity index (χ1n) is 12.6. The highest BCUT2D eigenvalue weighted by Crippen LogP contribution is 2.30. The molecular weight excluding hydrogens is 408 g/mol. The van der Waals surface area contributed by atoms with Crippen molar-refractivity contribution in [2.24, 2.45) is 5.92 Å². The van der Waals surface area contributed by atoms with Crippen molar-refractivity contribution in [2.75, 3.05) is 6.61 Å². The Labute approximate surface area is 190 Å². The number of hydroxylamine groups is 2. The number of hydrogen-bond acceptors (Lipinski definition) is 5. The fourth-order valence-corrected chi connectivity index (χ4v) is 5.32. The van der Waals surface area contributed by atoms with Crippen LogP contribution in [-0.2, 0) is 14.4 Å². The van der Waals surface area contributed by atoms with Crippen LogP contribution in [-0.4, -0.2) is 49.9 Å². The summed E-state index contributed by atoms with van der Waals surface area (Å²) >= 11 is 0. The zero-order valence-electron chi connectivity index (χ0n) is 20.6. The van der Waals surface area contributed by atoms with Crippen LogP contribution in [0.1, 0.15) is 84.5 Å². The van der Waals surface area contributed by atoms with E-state index in [-0.39, 0.29) is 11.9 Å². The molecule has 0 radical (unpaired) electrons. The summed E-state index contributed by atoms with van der Waals surface area (Å²) in [5.74, 6) is -0.0790. The standard InChI is InChI=1S/C24H46N2O4Si/c1-19(2)18-22(25-24(28)29-16-17-31(3,4)5)23(27)30-26(20-12-8-6-9-13-20)21-14-10-7-11-15-21/h19-22H,6-18H2,1-5H3,(H,25,28)/t22-/m0/s1. The second-order valence-electron chi connectivity index (χ2n) is 11.1. The Bertz CT molecular complexity index is 534. The average Bonchev–Trinajstić information content (AvgIpc) is 2.71. The van der Waals surface area contributed by atoms with E-state index in [0.717, 1.165) is 31.7 Å². The number of nitrogens with zero attached hydrogens (tertiary/aromatic N) is 1. The molecule has 0 saturated heterocycles. The topological polar surface area (TPSA) is 67.9 Å². The van der Waals surface area contributed by atoms with Gasteiger partial charge in [0.25, 0.3) is 0 Å². The van der Waals surface area contributed by atoms with Crippen molar-refractivity contribution in [1.29, 1.82) is 0 Å². The van der Waals surface area contributed by atoms with Crippen LogP contribution in [0, 0.1) is 5.92 Å². The van der Waals surface area contributed by atoms with Gasteiger partial charge < -0.3 is 14.9 Å². The van der Waals surface area contributed by atoms with Crippen molar-refractivity contribution >= 4 is 20.1 Å². The Kier molecular flexibility index (Phi) is 10.8. The van der Waals surface area contributed by atoms with E-state index in [1.165, 1.54) is 38.5 Å². The third kappa shape index (κ3) is 9.94. The quantitative estimate of drug-likeness (QED) is 0.329. The molecule has 0 heterocycles. The molecule has 7 heteroatoms. The van der Waals surface area contributed by atoms with Crippen LogP contribution in [0.25, 0.3) is 0 Å². The van der Waals surface area contributed by atoms with Gasteiger partial charge in [0.1, 0.15) is 6.04 Å². The third-order valence-corrected chi connectivity index (χ3v) is 8.14. The van der Waals surface area contributed by atoms with Gasteiger partial charge >= 0.3 is 12.1 Å². The van der Waals surface area contributed by atoms with Crippen LogP contribution in [0.15, 0.2) is 0 Å². The largest absolute Gasteiger partial charge is 0.450 e. The number of rotatable bonds is 10. The summed E-state index contributed by atoms with van der Waals surface area (Å²) in [4.78, 5) is 31.7. The molecule has 180 valence electrons. The van der Waals surface area contributed by atoms with Gasteiger partial charge in [-0.15, -0.1) is 5.06 Å². The van der Waals surface area contributed by atoms with E-state index >= 15 is 0 Å². The predicted molar refractivity (Wildman–Crippen MR) is 128 cm³/mol. The summed E-state index contributed by atoms with van der Waals surface area (Å²) < 4.78 is 5.38. The zero-order valence-corrected chi connectivity index (χ0v) is 21.6. The van der Waals surface area contributed by atoms with E-state index in [0.29, 0.717) is 25.1 Å². The molecule has 2 aliphatic carbocycles. The summed E-state index contributed by atoms with van der Waals surface area (Å²) in [5, 5.41) is 4.83. The van der Waals surface area contributed by atoms with Gasteiger partial charge in [0.2, 0.25) is 0 Å². The molecular formula is C24H46N2O4Si. The van der Waals surface area contributed by atoms with Crippen LogP contribution in [0.5, 0.6) is 0 Å². The van der Waals surface area contributed by atoms with Crippen LogP contribution < -0.4 is 5.32 Å². The normalized spacial score (nSPS) is 20.0. The van der Waals surface area contributed by atoms with Crippen molar-refractivity contribution in [1.82, 2.24) is 10.4 Å². The minimum absolute atomic E-state index is 0.262. The molecule has 6 nitrogen and oxygen atoms in total. The van der Waals surface area contributed by atoms with Gasteiger partial charge in [0, 0.05) is 20.2 Å². The average molecular weight is 455 g/mol. The zero-order chi connectivity index (χ0) is 22.9. The monoisotopic (exact) mass is 454 g/mol. The summed E-state index contributed by atoms with van der Waals surface area (Å²) in [6.45, 7) is 11.3. The molecule has 0 aromatic heterocycles. The van der Waals surface area contributed by atoms with Crippen molar-refractivity contribution in [3.63, 3.8) is 0 Å². The van der Waals surface area contributed by atoms with E-state index in [1.54, 1.807) is 0 Å². The molecule has 0 aromatic carbocycles. The van der Waals surface area contributed by atoms with Gasteiger partial charge in [0.15, 0.2) is 0 Å². The molecule has 2 fully saturated rings. The molecule has 0 bridgehead atoms. The van der Waals surface area contributed by atoms with Gasteiger partial charge in [-0.1, -0.05) is 72.0 Å². The van der Waals surface area contributed by atoms with Crippen molar-refractivity contribution < 1.29 is 19.2 Å². The number of carbonyl (C=O) groups excluding carboxylic acids is 2. The lowest BCUT2D eigenvalue weighted by Crippen LogP contribution is -2.51. The Hall–Kier alpha value is -1.08. The summed E-state index contributed by atoms with van der Waals surface area (Å²) in [7, 11) is -1.28. The van der Waals surface area contributed by atoms with Crippen molar-refractivity contribution in [3.05, 3.63) is 0 Å². The van der Waals surface area contributed by atoms with E-state index < -0.39 is 20.2 Å². The molecule has 1 N–H and O–H groups in total. The number of alkyl carbamates (subject to hydrolysis) is 1. The highest BCUT2D eigenvalue weighted by atomic mass is 28.3. The van der Waals surface area contributed by atoms with Gasteiger partial charge in [-0.2, -0.15) is 0 Å². The molecule has 0 aromatic rings. The fourth-order valence-electron chi connectivity index (χ4n) is 4.61. The van der Waals surface area contributed by atoms with Crippen LogP contribution in [0.3, 0.4) is 0 Å². The lowest BCUT2D eigenvalue weighted by Gasteiger charge is -2.40. The highest BCUT2D eigenvalue weighted by molar-refractivity contribution is 6.76. The van der Waals surface area contributed by atoms with Crippen LogP contribution in [0.2, 0.25) is 25.7 Å². The van der Waals surface area contributed by atoms with E-state index in [4.69, 9.17) is 9.57 Å². The van der Waals surface area contributed by atoms with E-state index in [1.807, 2.05) is 5.06 Å². The Morgan fingerprint density at radius 2 is 1.45 bits per heavy atom. The predicted octanol–water partition coefficient (Wildman–Crippen LogP) is 5.89. The number of ether oxygens (including phenoxy) is 1. The van der Waals surface area contributed by atoms with Gasteiger partial charge in [0.05, 0.1) is 6.61 Å². The number of carbonyl (C=O) groups is 2. The first-order valence-corrected chi connectivity index (χ1v) is 16.3. The molecule has 31 heavy (non-hydrogen) atoms. The second kappa shape index (κ2) is 12.8. The minimum Gasteiger partial charge on any atom is -0.450 e. The molecule has 1 atom stereocenters. The molecule has 0 aliphatic heterocycles. The molecule has 2 saturated carbocycles. The lowest BCUT2D eigenvalue weighted by atomic mass is 9.90. The molecule has 1 amide bonds. The first-order chi connectivity index (χ1) is 14.7. The van der Waals surface area contributed by atoms with Crippen molar-refractivity contribution in [2.45, 2.75) is 128 Å². The third-order valence-electron chi connectivity index (χ3n) is 6.43. The van der Waals surface area contributed by atoms with Crippen molar-refractivity contribution in [3.8, 4) is 0 Å².